The molecule has 0 N–H and O–H groups in total. The second-order valence-electron chi connectivity index (χ2n) is 5.16. The molecule has 0 saturated carbocycles. The Labute approximate surface area is 153 Å². The van der Waals surface area contributed by atoms with Crippen molar-refractivity contribution in [2.75, 3.05) is 47.6 Å². The first kappa shape index (κ1) is 19.8. The molecule has 2 rings (SSSR count). The Morgan fingerprint density at radius 3 is 1.69 bits per heavy atom. The van der Waals surface area contributed by atoms with Crippen LogP contribution < -0.4 is 19.1 Å². The van der Waals surface area contributed by atoms with Crippen LogP contribution in [0.1, 0.15) is 0 Å². The van der Waals surface area contributed by atoms with Crippen LogP contribution in [0, 0.1) is 0 Å². The molecule has 142 valence electrons. The molecular weight excluding hydrogens is 338 g/mol. The van der Waals surface area contributed by atoms with Crippen LogP contribution in [0.5, 0.6) is 17.2 Å². The third-order valence-corrected chi connectivity index (χ3v) is 3.99. The predicted octanol–water partition coefficient (Wildman–Crippen LogP) is 3.40. The molecule has 2 aromatic rings. The topological polar surface area (TPSA) is 58.6 Å². The number of methoxy groups -OCH3 is 6. The lowest BCUT2D eigenvalue weighted by Gasteiger charge is -2.40. The maximum Gasteiger partial charge on any atom is 0.381 e. The molecule has 0 aromatic heterocycles. The maximum atomic E-state index is 5.63. The fraction of sp³-hybridized carbons (Fsp3) is 0.368. The summed E-state index contributed by atoms with van der Waals surface area (Å²) < 4.78 is 33.3. The Morgan fingerprint density at radius 1 is 0.654 bits per heavy atom. The van der Waals surface area contributed by atoms with E-state index in [0.29, 0.717) is 22.9 Å². The van der Waals surface area contributed by atoms with E-state index in [0.717, 1.165) is 5.69 Å². The summed E-state index contributed by atoms with van der Waals surface area (Å²) in [7, 11) is 9.16. The molecule has 7 nitrogen and oxygen atoms in total. The standard InChI is InChI=1S/C19H25NO6/c1-21-16-13-12-15(17(22-2)18(16)23-3)20(14-10-8-7-9-11-14)19(24-4,25-5)26-6/h7-13H,1-6H3. The zero-order valence-corrected chi connectivity index (χ0v) is 15.9. The number of para-hydroxylation sites is 1. The Kier molecular flexibility index (Phi) is 6.68. The zero-order valence-electron chi connectivity index (χ0n) is 15.9. The number of ether oxygens (including phenoxy) is 6. The minimum absolute atomic E-state index is 0.450. The summed E-state index contributed by atoms with van der Waals surface area (Å²) >= 11 is 0. The van der Waals surface area contributed by atoms with E-state index < -0.39 is 6.10 Å². The Morgan fingerprint density at radius 2 is 1.23 bits per heavy atom. The van der Waals surface area contributed by atoms with Crippen LogP contribution in [0.3, 0.4) is 0 Å². The highest BCUT2D eigenvalue weighted by Gasteiger charge is 2.42. The SMILES string of the molecule is COc1ccc(N(c2ccccc2)C(OC)(OC)OC)c(OC)c1OC. The maximum absolute atomic E-state index is 5.63. The van der Waals surface area contributed by atoms with Gasteiger partial charge in [0.25, 0.3) is 0 Å². The molecule has 0 atom stereocenters. The summed E-state index contributed by atoms with van der Waals surface area (Å²) in [5, 5.41) is 0. The van der Waals surface area contributed by atoms with Gasteiger partial charge in [-0.3, -0.25) is 4.90 Å². The summed E-state index contributed by atoms with van der Waals surface area (Å²) in [6.07, 6.45) is -1.52. The van der Waals surface area contributed by atoms with E-state index in [-0.39, 0.29) is 0 Å². The lowest BCUT2D eigenvalue weighted by atomic mass is 10.2. The highest BCUT2D eigenvalue weighted by molar-refractivity contribution is 5.75. The normalized spacial score (nSPS) is 11.2. The number of anilines is 2. The van der Waals surface area contributed by atoms with Crippen LogP contribution in [0.4, 0.5) is 11.4 Å². The molecule has 0 saturated heterocycles. The van der Waals surface area contributed by atoms with Gasteiger partial charge in [-0.1, -0.05) is 18.2 Å². The van der Waals surface area contributed by atoms with Crippen molar-refractivity contribution in [3.63, 3.8) is 0 Å². The molecule has 0 fully saturated rings. The van der Waals surface area contributed by atoms with Gasteiger partial charge in [0, 0.05) is 27.0 Å². The smallest absolute Gasteiger partial charge is 0.381 e. The van der Waals surface area contributed by atoms with Crippen molar-refractivity contribution in [3.05, 3.63) is 42.5 Å². The lowest BCUT2D eigenvalue weighted by molar-refractivity contribution is -0.346. The quantitative estimate of drug-likeness (QED) is 0.633. The van der Waals surface area contributed by atoms with Gasteiger partial charge in [-0.25, -0.2) is 0 Å². The van der Waals surface area contributed by atoms with E-state index >= 15 is 0 Å². The molecule has 0 aliphatic carbocycles. The van der Waals surface area contributed by atoms with Crippen LogP contribution >= 0.6 is 0 Å². The van der Waals surface area contributed by atoms with E-state index in [1.165, 1.54) is 21.3 Å². The van der Waals surface area contributed by atoms with Crippen molar-refractivity contribution < 1.29 is 28.4 Å². The van der Waals surface area contributed by atoms with Crippen molar-refractivity contribution in [1.29, 1.82) is 0 Å². The highest BCUT2D eigenvalue weighted by atomic mass is 16.9. The molecule has 2 aromatic carbocycles. The van der Waals surface area contributed by atoms with Gasteiger partial charge in [-0.05, 0) is 24.3 Å². The van der Waals surface area contributed by atoms with Gasteiger partial charge in [0.15, 0.2) is 11.5 Å². The number of rotatable bonds is 9. The van der Waals surface area contributed by atoms with Gasteiger partial charge in [0.05, 0.1) is 27.0 Å². The molecule has 0 aliphatic rings. The van der Waals surface area contributed by atoms with Crippen LogP contribution in [-0.2, 0) is 14.2 Å². The fourth-order valence-corrected chi connectivity index (χ4v) is 2.81. The van der Waals surface area contributed by atoms with Crippen molar-refractivity contribution in [2.24, 2.45) is 0 Å². The van der Waals surface area contributed by atoms with Gasteiger partial charge in [-0.2, -0.15) is 0 Å². The monoisotopic (exact) mass is 363 g/mol. The van der Waals surface area contributed by atoms with Crippen molar-refractivity contribution in [3.8, 4) is 17.2 Å². The van der Waals surface area contributed by atoms with E-state index in [4.69, 9.17) is 28.4 Å². The molecule has 0 heterocycles. The molecule has 0 spiro atoms. The first-order chi connectivity index (χ1) is 12.6. The highest BCUT2D eigenvalue weighted by Crippen LogP contribution is 2.48. The number of nitrogens with zero attached hydrogens (tertiary/aromatic N) is 1. The van der Waals surface area contributed by atoms with Crippen LogP contribution in [0.2, 0.25) is 0 Å². The molecule has 0 bridgehead atoms. The first-order valence-electron chi connectivity index (χ1n) is 7.92. The van der Waals surface area contributed by atoms with Crippen molar-refractivity contribution in [1.82, 2.24) is 0 Å². The van der Waals surface area contributed by atoms with Gasteiger partial charge >= 0.3 is 6.10 Å². The van der Waals surface area contributed by atoms with Gasteiger partial charge in [-0.15, -0.1) is 0 Å². The third-order valence-electron chi connectivity index (χ3n) is 3.99. The molecule has 7 heteroatoms. The average Bonchev–Trinajstić information content (AvgIpc) is 2.71. The van der Waals surface area contributed by atoms with E-state index in [2.05, 4.69) is 0 Å². The Balaban J connectivity index is 2.78. The van der Waals surface area contributed by atoms with Crippen LogP contribution in [0.15, 0.2) is 42.5 Å². The summed E-state index contributed by atoms with van der Waals surface area (Å²) in [6.45, 7) is 0. The van der Waals surface area contributed by atoms with Gasteiger partial charge < -0.3 is 28.4 Å². The number of hydrogen-bond donors (Lipinski definition) is 0. The lowest BCUT2D eigenvalue weighted by Crippen LogP contribution is -2.51. The van der Waals surface area contributed by atoms with Crippen LogP contribution in [-0.4, -0.2) is 48.8 Å². The largest absolute Gasteiger partial charge is 0.493 e. The van der Waals surface area contributed by atoms with E-state index in [1.54, 1.807) is 32.3 Å². The third kappa shape index (κ3) is 3.41. The molecule has 0 radical (unpaired) electrons. The average molecular weight is 363 g/mol. The summed E-state index contributed by atoms with van der Waals surface area (Å²) in [5.74, 6) is 1.44. The second-order valence-corrected chi connectivity index (χ2v) is 5.16. The Hall–Kier alpha value is -2.48. The second kappa shape index (κ2) is 8.75. The van der Waals surface area contributed by atoms with Crippen molar-refractivity contribution in [2.45, 2.75) is 6.10 Å². The molecule has 0 unspecified atom stereocenters. The molecule has 26 heavy (non-hydrogen) atoms. The minimum atomic E-state index is -1.52. The fourth-order valence-electron chi connectivity index (χ4n) is 2.81. The first-order valence-corrected chi connectivity index (χ1v) is 7.92. The van der Waals surface area contributed by atoms with Crippen molar-refractivity contribution >= 4 is 11.4 Å². The summed E-state index contributed by atoms with van der Waals surface area (Å²) in [6, 6.07) is 13.1. The van der Waals surface area contributed by atoms with E-state index in [1.807, 2.05) is 36.4 Å². The summed E-state index contributed by atoms with van der Waals surface area (Å²) in [5.41, 5.74) is 1.38. The zero-order chi connectivity index (χ0) is 19.2. The molecular formula is C19H25NO6. The number of hydrogen-bond acceptors (Lipinski definition) is 7. The van der Waals surface area contributed by atoms with Gasteiger partial charge in [0.2, 0.25) is 5.75 Å². The number of benzene rings is 2. The van der Waals surface area contributed by atoms with Crippen LogP contribution in [0.25, 0.3) is 0 Å². The molecule has 0 amide bonds. The molecule has 0 aliphatic heterocycles. The predicted molar refractivity (Wildman–Crippen MR) is 98.4 cm³/mol. The summed E-state index contributed by atoms with van der Waals surface area (Å²) in [4.78, 5) is 1.73. The van der Waals surface area contributed by atoms with Gasteiger partial charge in [0.1, 0.15) is 0 Å². The van der Waals surface area contributed by atoms with E-state index in [9.17, 15) is 0 Å². The minimum Gasteiger partial charge on any atom is -0.493 e. The Bertz CT molecular complexity index is 694.